The van der Waals surface area contributed by atoms with Crippen molar-refractivity contribution in [2.24, 2.45) is 5.73 Å². The van der Waals surface area contributed by atoms with Crippen molar-refractivity contribution in [2.75, 3.05) is 13.2 Å². The quantitative estimate of drug-likeness (QED) is 0.730. The van der Waals surface area contributed by atoms with Gasteiger partial charge in [-0.1, -0.05) is 0 Å². The molecule has 2 heterocycles. The highest BCUT2D eigenvalue weighted by Crippen LogP contribution is 2.12. The molecule has 2 rings (SSSR count). The van der Waals surface area contributed by atoms with Crippen molar-refractivity contribution in [2.45, 2.75) is 26.0 Å². The molecule has 2 N–H and O–H groups in total. The first-order valence-corrected chi connectivity index (χ1v) is 4.73. The Balaban J connectivity index is 2.12. The summed E-state index contributed by atoms with van der Waals surface area (Å²) < 4.78 is 7.55. The van der Waals surface area contributed by atoms with E-state index in [1.54, 1.807) is 0 Å². The van der Waals surface area contributed by atoms with E-state index in [9.17, 15) is 0 Å². The van der Waals surface area contributed by atoms with E-state index in [0.717, 1.165) is 38.4 Å². The van der Waals surface area contributed by atoms with E-state index in [1.165, 1.54) is 5.69 Å². The van der Waals surface area contributed by atoms with Crippen molar-refractivity contribution >= 4 is 0 Å². The highest BCUT2D eigenvalue weighted by atomic mass is 16.5. The van der Waals surface area contributed by atoms with Crippen LogP contribution in [0.1, 0.15) is 17.9 Å². The fourth-order valence-corrected chi connectivity index (χ4v) is 1.64. The van der Waals surface area contributed by atoms with Crippen LogP contribution in [0.2, 0.25) is 0 Å². The molecule has 0 fully saturated rings. The predicted molar refractivity (Wildman–Crippen MR) is 49.3 cm³/mol. The number of fused-ring (bicyclic) bond motifs is 1. The molecule has 1 aromatic rings. The minimum atomic E-state index is 0.655. The average Bonchev–Trinajstić information content (AvgIpc) is 2.58. The summed E-state index contributed by atoms with van der Waals surface area (Å²) in [5.41, 5.74) is 6.76. The van der Waals surface area contributed by atoms with Crippen LogP contribution in [0.3, 0.4) is 0 Å². The van der Waals surface area contributed by atoms with Crippen LogP contribution in [0.25, 0.3) is 0 Å². The lowest BCUT2D eigenvalue weighted by atomic mass is 10.2. The van der Waals surface area contributed by atoms with Crippen LogP contribution in [0.4, 0.5) is 0 Å². The summed E-state index contributed by atoms with van der Waals surface area (Å²) in [4.78, 5) is 4.31. The topological polar surface area (TPSA) is 53.1 Å². The van der Waals surface area contributed by atoms with Gasteiger partial charge in [0.05, 0.1) is 6.61 Å². The average molecular weight is 181 g/mol. The molecule has 4 nitrogen and oxygen atoms in total. The fourth-order valence-electron chi connectivity index (χ4n) is 1.64. The van der Waals surface area contributed by atoms with E-state index < -0.39 is 0 Å². The maximum absolute atomic E-state index is 5.47. The maximum atomic E-state index is 5.47. The monoisotopic (exact) mass is 181 g/mol. The van der Waals surface area contributed by atoms with Crippen LogP contribution < -0.4 is 5.73 Å². The van der Waals surface area contributed by atoms with Gasteiger partial charge >= 0.3 is 0 Å². The Bertz CT molecular complexity index is 282. The molecule has 0 aromatic carbocycles. The summed E-state index contributed by atoms with van der Waals surface area (Å²) in [6.07, 6.45) is 4.01. The molecule has 72 valence electrons. The van der Waals surface area contributed by atoms with Crippen molar-refractivity contribution in [1.82, 2.24) is 9.55 Å². The minimum absolute atomic E-state index is 0.655. The Morgan fingerprint density at radius 2 is 2.54 bits per heavy atom. The third-order valence-electron chi connectivity index (χ3n) is 2.35. The lowest BCUT2D eigenvalue weighted by molar-refractivity contribution is 0.0806. The van der Waals surface area contributed by atoms with Gasteiger partial charge in [-0.15, -0.1) is 0 Å². The molecule has 0 radical (unpaired) electrons. The third kappa shape index (κ3) is 1.73. The van der Waals surface area contributed by atoms with E-state index in [2.05, 4.69) is 9.55 Å². The van der Waals surface area contributed by atoms with E-state index >= 15 is 0 Å². The first kappa shape index (κ1) is 8.72. The molecule has 13 heavy (non-hydrogen) atoms. The van der Waals surface area contributed by atoms with Gasteiger partial charge in [-0.25, -0.2) is 4.98 Å². The summed E-state index contributed by atoms with van der Waals surface area (Å²) in [7, 11) is 0. The molecule has 0 unspecified atom stereocenters. The molecule has 0 saturated carbocycles. The molecule has 0 amide bonds. The van der Waals surface area contributed by atoms with E-state index in [4.69, 9.17) is 10.5 Å². The first-order valence-electron chi connectivity index (χ1n) is 4.73. The second-order valence-corrected chi connectivity index (χ2v) is 3.26. The van der Waals surface area contributed by atoms with Gasteiger partial charge in [0.1, 0.15) is 12.4 Å². The number of hydrogen-bond donors (Lipinski definition) is 1. The molecule has 4 heteroatoms. The number of nitrogens with two attached hydrogens (primary N) is 1. The van der Waals surface area contributed by atoms with Gasteiger partial charge in [0, 0.05) is 18.4 Å². The SMILES string of the molecule is NCCCc1cnc2n1CCOC2. The summed E-state index contributed by atoms with van der Waals surface area (Å²) in [6, 6.07) is 0. The molecule has 0 spiro atoms. The Labute approximate surface area is 77.7 Å². The number of aryl methyl sites for hydroxylation is 1. The van der Waals surface area contributed by atoms with Crippen molar-refractivity contribution in [1.29, 1.82) is 0 Å². The number of rotatable bonds is 3. The van der Waals surface area contributed by atoms with Gasteiger partial charge in [-0.3, -0.25) is 0 Å². The van der Waals surface area contributed by atoms with Gasteiger partial charge in [-0.05, 0) is 19.4 Å². The van der Waals surface area contributed by atoms with Crippen LogP contribution in [-0.2, 0) is 24.3 Å². The first-order chi connectivity index (χ1) is 6.42. The molecule has 1 aliphatic heterocycles. The van der Waals surface area contributed by atoms with Crippen molar-refractivity contribution in [3.8, 4) is 0 Å². The molecule has 1 aliphatic rings. The maximum Gasteiger partial charge on any atom is 0.135 e. The number of hydrogen-bond acceptors (Lipinski definition) is 3. The predicted octanol–water partition coefficient (Wildman–Crippen LogP) is 0.305. The molecular formula is C9H15N3O. The molecule has 1 aromatic heterocycles. The van der Waals surface area contributed by atoms with Crippen molar-refractivity contribution in [3.05, 3.63) is 17.7 Å². The van der Waals surface area contributed by atoms with Gasteiger partial charge in [-0.2, -0.15) is 0 Å². The Morgan fingerprint density at radius 3 is 3.38 bits per heavy atom. The van der Waals surface area contributed by atoms with Crippen LogP contribution in [0, 0.1) is 0 Å². The largest absolute Gasteiger partial charge is 0.372 e. The van der Waals surface area contributed by atoms with Crippen molar-refractivity contribution in [3.63, 3.8) is 0 Å². The Hall–Kier alpha value is -0.870. The molecule has 0 saturated heterocycles. The number of nitrogens with zero attached hydrogens (tertiary/aromatic N) is 2. The fraction of sp³-hybridized carbons (Fsp3) is 0.667. The van der Waals surface area contributed by atoms with E-state index in [0.29, 0.717) is 6.61 Å². The van der Waals surface area contributed by atoms with Gasteiger partial charge < -0.3 is 15.0 Å². The number of ether oxygens (including phenoxy) is 1. The smallest absolute Gasteiger partial charge is 0.135 e. The summed E-state index contributed by atoms with van der Waals surface area (Å²) in [6.45, 7) is 3.15. The summed E-state index contributed by atoms with van der Waals surface area (Å²) >= 11 is 0. The van der Waals surface area contributed by atoms with Gasteiger partial charge in [0.25, 0.3) is 0 Å². The number of aromatic nitrogens is 2. The van der Waals surface area contributed by atoms with Crippen LogP contribution in [0.15, 0.2) is 6.20 Å². The van der Waals surface area contributed by atoms with Crippen LogP contribution in [-0.4, -0.2) is 22.7 Å². The zero-order valence-electron chi connectivity index (χ0n) is 7.70. The third-order valence-corrected chi connectivity index (χ3v) is 2.35. The Kier molecular flexibility index (Phi) is 2.61. The Morgan fingerprint density at radius 1 is 1.62 bits per heavy atom. The molecule has 0 aliphatic carbocycles. The van der Waals surface area contributed by atoms with Crippen LogP contribution in [0.5, 0.6) is 0 Å². The van der Waals surface area contributed by atoms with Gasteiger partial charge in [0.2, 0.25) is 0 Å². The van der Waals surface area contributed by atoms with Gasteiger partial charge in [0.15, 0.2) is 0 Å². The lowest BCUT2D eigenvalue weighted by Crippen LogP contribution is -2.18. The molecular weight excluding hydrogens is 166 g/mol. The summed E-state index contributed by atoms with van der Waals surface area (Å²) in [5, 5.41) is 0. The van der Waals surface area contributed by atoms with Crippen molar-refractivity contribution < 1.29 is 4.74 Å². The van der Waals surface area contributed by atoms with E-state index in [1.807, 2.05) is 6.20 Å². The zero-order valence-corrected chi connectivity index (χ0v) is 7.70. The lowest BCUT2D eigenvalue weighted by Gasteiger charge is -2.16. The second kappa shape index (κ2) is 3.89. The molecule has 0 atom stereocenters. The second-order valence-electron chi connectivity index (χ2n) is 3.26. The summed E-state index contributed by atoms with van der Waals surface area (Å²) in [5.74, 6) is 1.05. The normalized spacial score (nSPS) is 15.8. The number of imidazole rings is 1. The van der Waals surface area contributed by atoms with Crippen LogP contribution >= 0.6 is 0 Å². The minimum Gasteiger partial charge on any atom is -0.372 e. The molecule has 0 bridgehead atoms. The standard InChI is InChI=1S/C9H15N3O/c10-3-1-2-8-6-11-9-7-13-5-4-12(8)9/h6H,1-5,7,10H2. The highest BCUT2D eigenvalue weighted by Gasteiger charge is 2.13. The highest BCUT2D eigenvalue weighted by molar-refractivity contribution is 5.06. The van der Waals surface area contributed by atoms with E-state index in [-0.39, 0.29) is 0 Å². The zero-order chi connectivity index (χ0) is 9.10.